The molecule has 0 aromatic heterocycles. The average molecular weight is 653 g/mol. The van der Waals surface area contributed by atoms with Crippen molar-refractivity contribution < 1.29 is 37.5 Å². The number of hydrogen-bond donors (Lipinski definition) is 3. The maximum atomic E-state index is 14.5. The summed E-state index contributed by atoms with van der Waals surface area (Å²) in [6.07, 6.45) is -1.82. The van der Waals surface area contributed by atoms with Gasteiger partial charge in [-0.25, -0.2) is 19.1 Å². The summed E-state index contributed by atoms with van der Waals surface area (Å²) in [5.74, 6) is -1.59. The van der Waals surface area contributed by atoms with Crippen molar-refractivity contribution in [2.24, 2.45) is 0 Å². The molecule has 1 unspecified atom stereocenters. The maximum Gasteiger partial charge on any atom is 0.453 e. The lowest BCUT2D eigenvalue weighted by Gasteiger charge is -2.29. The normalized spacial score (nSPS) is 12.2. The summed E-state index contributed by atoms with van der Waals surface area (Å²) >= 11 is 0. The van der Waals surface area contributed by atoms with Crippen LogP contribution in [0.4, 0.5) is 15.3 Å². The van der Waals surface area contributed by atoms with Gasteiger partial charge >= 0.3 is 19.8 Å². The maximum absolute atomic E-state index is 14.5. The van der Waals surface area contributed by atoms with E-state index in [1.807, 2.05) is 0 Å². The Hall–Kier alpha value is -4.83. The first-order valence-electron chi connectivity index (χ1n) is 14.5. The fourth-order valence-corrected chi connectivity index (χ4v) is 5.87. The zero-order valence-electron chi connectivity index (χ0n) is 27.0. The SMILES string of the molecule is CC(=O)NC(Cc1ccc(N(C(=N)NC(=O)OC(C)(C)C)C(=O)OC(C)(C)C)cc1)P(=O)(Oc1ccccc1)Oc1ccccc1. The first kappa shape index (κ1) is 35.6. The molecule has 46 heavy (non-hydrogen) atoms. The topological polar surface area (TPSA) is 156 Å². The van der Waals surface area contributed by atoms with Crippen molar-refractivity contribution in [3.8, 4) is 11.5 Å². The Labute approximate surface area is 269 Å². The standard InChI is InChI=1S/C33H41N4O8P/c1-23(38)35-28(46(41,44-26-14-10-8-11-15-26)45-27-16-12-9-13-17-27)22-24-18-20-25(21-19-24)37(31(40)43-33(5,6)7)29(34)36-30(39)42-32(2,3)4/h8-21,28H,22H2,1-7H3,(H,35,38)(H2,34,36,39). The first-order valence-corrected chi connectivity index (χ1v) is 16.1. The fraction of sp³-hybridized carbons (Fsp3) is 0.333. The van der Waals surface area contributed by atoms with Crippen molar-refractivity contribution in [3.63, 3.8) is 0 Å². The van der Waals surface area contributed by atoms with Gasteiger partial charge in [0.05, 0.1) is 5.69 Å². The number of nitrogens with zero attached hydrogens (tertiary/aromatic N) is 1. The molecule has 3 aromatic carbocycles. The summed E-state index contributed by atoms with van der Waals surface area (Å²) in [6, 6.07) is 23.3. The van der Waals surface area contributed by atoms with Crippen LogP contribution in [0.3, 0.4) is 0 Å². The highest BCUT2D eigenvalue weighted by molar-refractivity contribution is 7.55. The smallest absolute Gasteiger partial charge is 0.444 e. The van der Waals surface area contributed by atoms with Crippen LogP contribution in [-0.4, -0.2) is 41.0 Å². The minimum Gasteiger partial charge on any atom is -0.444 e. The number of nitrogens with one attached hydrogen (secondary N) is 3. The first-order chi connectivity index (χ1) is 21.4. The van der Waals surface area contributed by atoms with E-state index in [0.29, 0.717) is 5.56 Å². The van der Waals surface area contributed by atoms with E-state index in [4.69, 9.17) is 23.9 Å². The zero-order chi connectivity index (χ0) is 34.1. The monoisotopic (exact) mass is 652 g/mol. The fourth-order valence-electron chi connectivity index (χ4n) is 3.97. The third-order valence-corrected chi connectivity index (χ3v) is 7.75. The van der Waals surface area contributed by atoms with Crippen molar-refractivity contribution >= 4 is 37.3 Å². The van der Waals surface area contributed by atoms with Gasteiger partial charge in [0.1, 0.15) is 22.7 Å². The molecule has 3 aromatic rings. The summed E-state index contributed by atoms with van der Waals surface area (Å²) in [5, 5.41) is 13.5. The number of hydrogen-bond acceptors (Lipinski definition) is 9. The summed E-state index contributed by atoms with van der Waals surface area (Å²) in [4.78, 5) is 38.8. The van der Waals surface area contributed by atoms with Gasteiger partial charge in [-0.15, -0.1) is 0 Å². The Kier molecular flexibility index (Phi) is 11.6. The molecule has 0 radical (unpaired) electrons. The molecular formula is C33H41N4O8P. The second-order valence-corrected chi connectivity index (χ2v) is 14.3. The van der Waals surface area contributed by atoms with Crippen molar-refractivity contribution in [1.29, 1.82) is 5.41 Å². The minimum absolute atomic E-state index is 0.0108. The lowest BCUT2D eigenvalue weighted by atomic mass is 10.1. The van der Waals surface area contributed by atoms with Gasteiger partial charge in [0.25, 0.3) is 0 Å². The molecule has 3 amide bonds. The van der Waals surface area contributed by atoms with Gasteiger partial charge < -0.3 is 23.8 Å². The molecule has 12 nitrogen and oxygen atoms in total. The highest BCUT2D eigenvalue weighted by Gasteiger charge is 2.40. The van der Waals surface area contributed by atoms with Crippen molar-refractivity contribution in [1.82, 2.24) is 10.6 Å². The number of rotatable bonds is 9. The Morgan fingerprint density at radius 2 is 1.26 bits per heavy atom. The van der Waals surface area contributed by atoms with Crippen LogP contribution in [-0.2, 0) is 25.3 Å². The number of carbonyl (C=O) groups excluding carboxylic acids is 3. The number of carbonyl (C=O) groups is 3. The quantitative estimate of drug-likeness (QED) is 0.124. The zero-order valence-corrected chi connectivity index (χ0v) is 27.9. The molecule has 0 heterocycles. The Morgan fingerprint density at radius 1 is 0.783 bits per heavy atom. The molecule has 13 heteroatoms. The molecule has 0 fully saturated rings. The highest BCUT2D eigenvalue weighted by Crippen LogP contribution is 2.53. The number of amides is 3. The molecule has 0 spiro atoms. The van der Waals surface area contributed by atoms with Gasteiger partial charge in [0.15, 0.2) is 5.78 Å². The molecule has 246 valence electrons. The van der Waals surface area contributed by atoms with Gasteiger partial charge in [-0.1, -0.05) is 48.5 Å². The minimum atomic E-state index is -4.12. The van der Waals surface area contributed by atoms with E-state index >= 15 is 0 Å². The van der Waals surface area contributed by atoms with Crippen LogP contribution in [0, 0.1) is 5.41 Å². The highest BCUT2D eigenvalue weighted by atomic mass is 31.2. The average Bonchev–Trinajstić information content (AvgIpc) is 2.92. The van der Waals surface area contributed by atoms with Crippen LogP contribution in [0.2, 0.25) is 0 Å². The van der Waals surface area contributed by atoms with Crippen molar-refractivity contribution in [2.45, 2.75) is 71.9 Å². The van der Waals surface area contributed by atoms with E-state index in [2.05, 4.69) is 10.6 Å². The molecule has 0 aliphatic rings. The Balaban J connectivity index is 1.95. The molecule has 3 rings (SSSR count). The Morgan fingerprint density at radius 3 is 1.70 bits per heavy atom. The number of anilines is 1. The predicted octanol–water partition coefficient (Wildman–Crippen LogP) is 7.24. The summed E-state index contributed by atoms with van der Waals surface area (Å²) in [7, 11) is -4.12. The number of alkyl carbamates (subject to hydrolysis) is 1. The van der Waals surface area contributed by atoms with Crippen LogP contribution in [0.5, 0.6) is 11.5 Å². The van der Waals surface area contributed by atoms with Gasteiger partial charge in [-0.3, -0.25) is 15.5 Å². The van der Waals surface area contributed by atoms with Crippen LogP contribution < -0.4 is 24.6 Å². The van der Waals surface area contributed by atoms with Crippen molar-refractivity contribution in [2.75, 3.05) is 4.90 Å². The molecule has 0 saturated heterocycles. The third kappa shape index (κ3) is 11.3. The molecule has 1 atom stereocenters. The van der Waals surface area contributed by atoms with Crippen LogP contribution in [0.25, 0.3) is 0 Å². The third-order valence-electron chi connectivity index (χ3n) is 5.75. The summed E-state index contributed by atoms with van der Waals surface area (Å²) in [6.45, 7) is 11.3. The molecule has 0 bridgehead atoms. The second-order valence-electron chi connectivity index (χ2n) is 12.2. The van der Waals surface area contributed by atoms with Crippen molar-refractivity contribution in [3.05, 3.63) is 90.5 Å². The van der Waals surface area contributed by atoms with Crippen LogP contribution >= 0.6 is 7.60 Å². The lowest BCUT2D eigenvalue weighted by Crippen LogP contribution is -2.49. The number of benzene rings is 3. The van der Waals surface area contributed by atoms with E-state index in [0.717, 1.165) is 4.90 Å². The molecule has 0 aliphatic heterocycles. The van der Waals surface area contributed by atoms with Gasteiger partial charge in [0, 0.05) is 13.3 Å². The number of guanidine groups is 1. The summed E-state index contributed by atoms with van der Waals surface area (Å²) < 4.78 is 37.1. The Bertz CT molecular complexity index is 1510. The molecule has 0 aliphatic carbocycles. The van der Waals surface area contributed by atoms with E-state index in [1.54, 1.807) is 114 Å². The molecular weight excluding hydrogens is 611 g/mol. The van der Waals surface area contributed by atoms with Gasteiger partial charge in [-0.2, -0.15) is 0 Å². The molecule has 0 saturated carbocycles. The van der Waals surface area contributed by atoms with E-state index in [-0.39, 0.29) is 23.6 Å². The number of ether oxygens (including phenoxy) is 2. The lowest BCUT2D eigenvalue weighted by molar-refractivity contribution is -0.119. The van der Waals surface area contributed by atoms with E-state index < -0.39 is 48.6 Å². The van der Waals surface area contributed by atoms with E-state index in [1.165, 1.54) is 19.1 Å². The largest absolute Gasteiger partial charge is 0.453 e. The van der Waals surface area contributed by atoms with Crippen LogP contribution in [0.15, 0.2) is 84.9 Å². The number of para-hydroxylation sites is 2. The van der Waals surface area contributed by atoms with E-state index in [9.17, 15) is 18.9 Å². The van der Waals surface area contributed by atoms with Gasteiger partial charge in [0.2, 0.25) is 11.9 Å². The molecule has 3 N–H and O–H groups in total. The second kappa shape index (κ2) is 15.0. The summed E-state index contributed by atoms with van der Waals surface area (Å²) in [5.41, 5.74) is -0.946. The predicted molar refractivity (Wildman–Crippen MR) is 175 cm³/mol. The van der Waals surface area contributed by atoms with Crippen LogP contribution in [0.1, 0.15) is 54.0 Å². The van der Waals surface area contributed by atoms with Gasteiger partial charge in [-0.05, 0) is 83.5 Å².